The van der Waals surface area contributed by atoms with Gasteiger partial charge in [-0.3, -0.25) is 0 Å². The number of hydrogen-bond acceptors (Lipinski definition) is 3. The Morgan fingerprint density at radius 1 is 0.500 bits per heavy atom. The van der Waals surface area contributed by atoms with Crippen LogP contribution in [0.2, 0.25) is 0 Å². The number of hydrogen-bond donors (Lipinski definition) is 0. The molecule has 0 fully saturated rings. The second-order valence-electron chi connectivity index (χ2n) is 13.3. The Hall–Kier alpha value is -2.70. The summed E-state index contributed by atoms with van der Waals surface area (Å²) in [6.45, 7) is 15.9. The Morgan fingerprint density at radius 2 is 0.826 bits per heavy atom. The van der Waals surface area contributed by atoms with E-state index in [2.05, 4.69) is 119 Å². The third-order valence-electron chi connectivity index (χ3n) is 9.39. The molecule has 4 aromatic rings. The van der Waals surface area contributed by atoms with E-state index < -0.39 is 14.3 Å². The molecule has 0 aliphatic heterocycles. The molecule has 0 aliphatic carbocycles. The first-order valence-electron chi connectivity index (χ1n) is 17.3. The van der Waals surface area contributed by atoms with E-state index in [1.807, 2.05) is 24.3 Å². The van der Waals surface area contributed by atoms with Gasteiger partial charge in [-0.1, -0.05) is 146 Å². The van der Waals surface area contributed by atoms with E-state index in [1.165, 1.54) is 25.7 Å². The Labute approximate surface area is 279 Å². The summed E-state index contributed by atoms with van der Waals surface area (Å²) in [5.41, 5.74) is 4.27. The van der Waals surface area contributed by atoms with Gasteiger partial charge in [-0.05, 0) is 73.0 Å². The molecule has 0 aliphatic rings. The Bertz CT molecular complexity index is 1490. The van der Waals surface area contributed by atoms with Gasteiger partial charge in [0.15, 0.2) is 0 Å². The predicted octanol–water partition coefficient (Wildman–Crippen LogP) is 9.30. The first-order chi connectivity index (χ1) is 22.1. The second-order valence-corrected chi connectivity index (χ2v) is 19.2. The van der Waals surface area contributed by atoms with E-state index in [-0.39, 0.29) is 5.66 Å². The van der Waals surface area contributed by atoms with E-state index in [4.69, 9.17) is 0 Å². The van der Waals surface area contributed by atoms with Crippen molar-refractivity contribution in [3.8, 4) is 0 Å². The maximum Gasteiger partial charge on any atom is 0.146 e. The van der Waals surface area contributed by atoms with Gasteiger partial charge in [0.25, 0.3) is 0 Å². The highest BCUT2D eigenvalue weighted by molar-refractivity contribution is 7.82. The van der Waals surface area contributed by atoms with Crippen LogP contribution in [0.5, 0.6) is 0 Å². The average Bonchev–Trinajstić information content (AvgIpc) is 3.06. The zero-order valence-electron chi connectivity index (χ0n) is 29.0. The highest BCUT2D eigenvalue weighted by Crippen LogP contribution is 2.57. The molecular weight excluding hydrogens is 600 g/mol. The van der Waals surface area contributed by atoms with Gasteiger partial charge >= 0.3 is 0 Å². The summed E-state index contributed by atoms with van der Waals surface area (Å²) < 4.78 is 31.8. The van der Waals surface area contributed by atoms with E-state index in [1.54, 1.807) is 0 Å². The second kappa shape index (κ2) is 16.9. The molecular formula is C41H55NO2P2. The van der Waals surface area contributed by atoms with Crippen LogP contribution >= 0.6 is 14.3 Å². The largest absolute Gasteiger partial charge is 0.314 e. The fourth-order valence-electron chi connectivity index (χ4n) is 6.37. The summed E-state index contributed by atoms with van der Waals surface area (Å²) in [6, 6.07) is 32.9. The van der Waals surface area contributed by atoms with Crippen LogP contribution < -0.4 is 21.2 Å². The lowest BCUT2D eigenvalue weighted by atomic mass is 10.2. The van der Waals surface area contributed by atoms with E-state index in [0.717, 1.165) is 75.9 Å². The minimum Gasteiger partial charge on any atom is -0.314 e. The molecule has 0 radical (unpaired) electrons. The van der Waals surface area contributed by atoms with Crippen molar-refractivity contribution in [2.24, 2.45) is 0 Å². The average molecular weight is 656 g/mol. The van der Waals surface area contributed by atoms with Crippen molar-refractivity contribution in [2.75, 3.05) is 25.8 Å². The van der Waals surface area contributed by atoms with Crippen LogP contribution in [0.4, 0.5) is 0 Å². The quantitative estimate of drug-likeness (QED) is 0.106. The van der Waals surface area contributed by atoms with Crippen molar-refractivity contribution >= 4 is 35.5 Å². The van der Waals surface area contributed by atoms with Crippen LogP contribution in [0.25, 0.3) is 0 Å². The van der Waals surface area contributed by atoms with Gasteiger partial charge in [0.1, 0.15) is 14.3 Å². The molecule has 0 amide bonds. The fraction of sp³-hybridized carbons (Fsp3) is 0.415. The summed E-state index contributed by atoms with van der Waals surface area (Å²) in [5.74, 6) is 0. The molecule has 5 heteroatoms. The molecule has 46 heavy (non-hydrogen) atoms. The van der Waals surface area contributed by atoms with Crippen LogP contribution in [-0.2, 0) is 9.13 Å². The number of benzene rings is 4. The highest BCUT2D eigenvalue weighted by Gasteiger charge is 2.42. The van der Waals surface area contributed by atoms with Crippen LogP contribution in [0.15, 0.2) is 97.1 Å². The summed E-state index contributed by atoms with van der Waals surface area (Å²) in [4.78, 5) is 2.59. The minimum atomic E-state index is -3.22. The standard InChI is InChI=1S/C41H55NO2P2/c1-7-9-29-42(30-10-8-2)31-11-12-41(46(44,39-25-17-35(5)18-26-39)40-27-19-36(6)20-28-40)32-45(43,37-21-13-33(3)14-22-37)38-23-15-34(4)16-24-38/h13-28,41H,7-12,29-32H2,1-6H3. The van der Waals surface area contributed by atoms with E-state index in [9.17, 15) is 0 Å². The fourth-order valence-corrected chi connectivity index (χ4v) is 13.6. The van der Waals surface area contributed by atoms with Crippen molar-refractivity contribution in [1.82, 2.24) is 4.90 Å². The maximum atomic E-state index is 16.1. The third-order valence-corrected chi connectivity index (χ3v) is 16.5. The Morgan fingerprint density at radius 3 is 1.17 bits per heavy atom. The summed E-state index contributed by atoms with van der Waals surface area (Å²) in [5, 5.41) is 3.41. The lowest BCUT2D eigenvalue weighted by Gasteiger charge is -2.33. The SMILES string of the molecule is CCCCN(CCCC)CCCC(CP(=O)(c1ccc(C)cc1)c1ccc(C)cc1)P(=O)(c1ccc(C)cc1)c1ccc(C)cc1. The van der Waals surface area contributed by atoms with Gasteiger partial charge in [0, 0.05) is 33.0 Å². The van der Waals surface area contributed by atoms with Gasteiger partial charge in [-0.15, -0.1) is 0 Å². The minimum absolute atomic E-state index is 0.287. The summed E-state index contributed by atoms with van der Waals surface area (Å²) >= 11 is 0. The van der Waals surface area contributed by atoms with Crippen molar-refractivity contribution in [3.63, 3.8) is 0 Å². The van der Waals surface area contributed by atoms with Crippen LogP contribution in [0.3, 0.4) is 0 Å². The molecule has 1 unspecified atom stereocenters. The van der Waals surface area contributed by atoms with E-state index >= 15 is 9.13 Å². The van der Waals surface area contributed by atoms with Crippen LogP contribution in [-0.4, -0.2) is 36.4 Å². The first kappa shape index (κ1) is 36.1. The first-order valence-corrected chi connectivity index (χ1v) is 21.0. The number of aryl methyl sites for hydroxylation is 4. The van der Waals surface area contributed by atoms with Crippen LogP contribution in [0, 0.1) is 27.7 Å². The van der Waals surface area contributed by atoms with Crippen molar-refractivity contribution in [3.05, 3.63) is 119 Å². The van der Waals surface area contributed by atoms with Crippen LogP contribution in [0.1, 0.15) is 74.6 Å². The molecule has 246 valence electrons. The Kier molecular flexibility index (Phi) is 13.3. The third kappa shape index (κ3) is 9.01. The van der Waals surface area contributed by atoms with Gasteiger partial charge in [0.2, 0.25) is 0 Å². The lowest BCUT2D eigenvalue weighted by Crippen LogP contribution is -2.33. The van der Waals surface area contributed by atoms with Gasteiger partial charge in [-0.2, -0.15) is 0 Å². The smallest absolute Gasteiger partial charge is 0.146 e. The Balaban J connectivity index is 1.85. The van der Waals surface area contributed by atoms with Gasteiger partial charge < -0.3 is 14.0 Å². The molecule has 0 heterocycles. The normalized spacial score (nSPS) is 12.8. The monoisotopic (exact) mass is 655 g/mol. The van der Waals surface area contributed by atoms with E-state index in [0.29, 0.717) is 6.16 Å². The summed E-state index contributed by atoms with van der Waals surface area (Å²) in [7, 11) is -6.38. The topological polar surface area (TPSA) is 37.4 Å². The number of rotatable bonds is 17. The summed E-state index contributed by atoms with van der Waals surface area (Å²) in [6.07, 6.45) is 6.76. The molecule has 1 atom stereocenters. The molecule has 0 bridgehead atoms. The molecule has 4 aromatic carbocycles. The lowest BCUT2D eigenvalue weighted by molar-refractivity contribution is 0.260. The molecule has 4 rings (SSSR count). The number of unbranched alkanes of at least 4 members (excludes halogenated alkanes) is 2. The molecule has 0 saturated carbocycles. The maximum absolute atomic E-state index is 16.1. The zero-order chi connectivity index (χ0) is 33.2. The molecule has 3 nitrogen and oxygen atoms in total. The van der Waals surface area contributed by atoms with Crippen molar-refractivity contribution in [2.45, 2.75) is 85.7 Å². The molecule has 0 saturated heterocycles. The van der Waals surface area contributed by atoms with Crippen molar-refractivity contribution < 1.29 is 9.13 Å². The van der Waals surface area contributed by atoms with Gasteiger partial charge in [0.05, 0.1) is 0 Å². The zero-order valence-corrected chi connectivity index (χ0v) is 30.8. The van der Waals surface area contributed by atoms with Crippen molar-refractivity contribution in [1.29, 1.82) is 0 Å². The highest BCUT2D eigenvalue weighted by atomic mass is 31.2. The molecule has 0 spiro atoms. The molecule has 0 aromatic heterocycles. The van der Waals surface area contributed by atoms with Gasteiger partial charge in [-0.25, -0.2) is 0 Å². The predicted molar refractivity (Wildman–Crippen MR) is 203 cm³/mol. The number of nitrogens with zero attached hydrogens (tertiary/aromatic N) is 1. The molecule has 0 N–H and O–H groups in total.